The van der Waals surface area contributed by atoms with Crippen molar-refractivity contribution in [2.24, 2.45) is 0 Å². The highest BCUT2D eigenvalue weighted by Gasteiger charge is 2.28. The number of halogens is 4. The van der Waals surface area contributed by atoms with Gasteiger partial charge in [-0.15, -0.1) is 0 Å². The number of aromatic hydroxyl groups is 2. The zero-order chi connectivity index (χ0) is 28.9. The quantitative estimate of drug-likeness (QED) is 0.114. The van der Waals surface area contributed by atoms with Gasteiger partial charge < -0.3 is 19.7 Å². The molecule has 0 fully saturated rings. The van der Waals surface area contributed by atoms with Crippen LogP contribution in [0.3, 0.4) is 0 Å². The van der Waals surface area contributed by atoms with E-state index < -0.39 is 0 Å². The zero-order valence-corrected chi connectivity index (χ0v) is 30.8. The molecule has 5 rings (SSSR count). The lowest BCUT2D eigenvalue weighted by Gasteiger charge is -2.12. The Balaban J connectivity index is 1.34. The van der Waals surface area contributed by atoms with Gasteiger partial charge in [-0.25, -0.2) is 0 Å². The standard InChI is InChI=1S/C32H22I4O4S/c33-22-14-20(31(37)29(35)16-22)18-39-24-6-10-27(11-7-24)41(26-4-2-1-3-5-26)28-12-8-25(9-13-28)40-19-21-15-23(34)17-30(36)32(21)38/h1-17H,18-19H2,(H-,37,38)/p+1. The fourth-order valence-corrected chi connectivity index (χ4v) is 10.1. The summed E-state index contributed by atoms with van der Waals surface area (Å²) in [5, 5.41) is 20.8. The van der Waals surface area contributed by atoms with E-state index in [1.807, 2.05) is 54.6 Å². The maximum absolute atomic E-state index is 10.4. The molecule has 41 heavy (non-hydrogen) atoms. The molecule has 0 heterocycles. The highest BCUT2D eigenvalue weighted by Crippen LogP contribution is 2.34. The van der Waals surface area contributed by atoms with Gasteiger partial charge in [0.1, 0.15) is 36.2 Å². The summed E-state index contributed by atoms with van der Waals surface area (Å²) in [5.41, 5.74) is 1.53. The zero-order valence-electron chi connectivity index (χ0n) is 21.4. The molecule has 0 spiro atoms. The van der Waals surface area contributed by atoms with Gasteiger partial charge in [0.15, 0.2) is 14.7 Å². The molecule has 2 N–H and O–H groups in total. The van der Waals surface area contributed by atoms with E-state index in [1.165, 1.54) is 14.7 Å². The van der Waals surface area contributed by atoms with Crippen molar-refractivity contribution in [1.29, 1.82) is 0 Å². The Morgan fingerprint density at radius 2 is 0.902 bits per heavy atom. The van der Waals surface area contributed by atoms with E-state index in [1.54, 1.807) is 0 Å². The van der Waals surface area contributed by atoms with Gasteiger partial charge in [0, 0.05) is 18.3 Å². The van der Waals surface area contributed by atoms with Crippen LogP contribution in [0, 0.1) is 14.3 Å². The van der Waals surface area contributed by atoms with Gasteiger partial charge in [-0.2, -0.15) is 0 Å². The molecule has 0 aliphatic rings. The summed E-state index contributed by atoms with van der Waals surface area (Å²) in [5.74, 6) is 2.03. The Hall–Kier alpha value is -1.43. The van der Waals surface area contributed by atoms with E-state index in [4.69, 9.17) is 9.47 Å². The first-order valence-corrected chi connectivity index (χ1v) is 17.9. The second-order valence-corrected chi connectivity index (χ2v) is 15.8. The summed E-state index contributed by atoms with van der Waals surface area (Å²) in [7, 11) is -0.326. The Labute approximate surface area is 296 Å². The fourth-order valence-electron chi connectivity index (χ4n) is 4.09. The van der Waals surface area contributed by atoms with Crippen molar-refractivity contribution in [3.8, 4) is 23.0 Å². The molecule has 208 valence electrons. The van der Waals surface area contributed by atoms with Crippen LogP contribution in [0.5, 0.6) is 23.0 Å². The van der Waals surface area contributed by atoms with Crippen LogP contribution in [0.1, 0.15) is 11.1 Å². The maximum atomic E-state index is 10.4. The molecule has 0 atom stereocenters. The van der Waals surface area contributed by atoms with Gasteiger partial charge in [-0.3, -0.25) is 0 Å². The number of phenolic OH excluding ortho intramolecular Hbond substituents is 2. The van der Waals surface area contributed by atoms with Gasteiger partial charge in [-0.05, 0) is 175 Å². The van der Waals surface area contributed by atoms with Crippen molar-refractivity contribution in [2.45, 2.75) is 27.9 Å². The first-order chi connectivity index (χ1) is 19.8. The lowest BCUT2D eigenvalue weighted by molar-refractivity contribution is 0.298. The van der Waals surface area contributed by atoms with Crippen molar-refractivity contribution in [2.75, 3.05) is 0 Å². The van der Waals surface area contributed by atoms with E-state index in [0.717, 1.165) is 36.9 Å². The molecule has 5 aromatic rings. The Morgan fingerprint density at radius 3 is 1.32 bits per heavy atom. The molecule has 0 aliphatic carbocycles. The van der Waals surface area contributed by atoms with Crippen LogP contribution in [0.4, 0.5) is 0 Å². The number of benzene rings is 5. The molecule has 0 unspecified atom stereocenters. The van der Waals surface area contributed by atoms with Crippen LogP contribution in [-0.4, -0.2) is 10.2 Å². The van der Waals surface area contributed by atoms with Gasteiger partial charge in [-0.1, -0.05) is 18.2 Å². The molecule has 0 aliphatic heterocycles. The predicted octanol–water partition coefficient (Wildman–Crippen LogP) is 9.77. The number of phenols is 2. The third kappa shape index (κ3) is 7.95. The fraction of sp³-hybridized carbons (Fsp3) is 0.0625. The van der Waals surface area contributed by atoms with E-state index in [2.05, 4.69) is 139 Å². The van der Waals surface area contributed by atoms with Crippen LogP contribution in [0.15, 0.2) is 118 Å². The average molecular weight is 1010 g/mol. The second-order valence-electron chi connectivity index (χ2n) is 8.93. The highest BCUT2D eigenvalue weighted by atomic mass is 127. The molecule has 0 aromatic heterocycles. The molecule has 0 saturated heterocycles. The molecule has 0 saturated carbocycles. The summed E-state index contributed by atoms with van der Waals surface area (Å²) in [6.07, 6.45) is 0. The third-order valence-electron chi connectivity index (χ3n) is 6.10. The predicted molar refractivity (Wildman–Crippen MR) is 197 cm³/mol. The Kier molecular flexibility index (Phi) is 10.9. The van der Waals surface area contributed by atoms with Gasteiger partial charge in [0.2, 0.25) is 0 Å². The topological polar surface area (TPSA) is 58.9 Å². The van der Waals surface area contributed by atoms with E-state index in [0.29, 0.717) is 13.2 Å². The Bertz CT molecular complexity index is 1540. The molecule has 0 radical (unpaired) electrons. The smallest absolute Gasteiger partial charge is 0.166 e. The van der Waals surface area contributed by atoms with Crippen molar-refractivity contribution in [3.05, 3.63) is 129 Å². The van der Waals surface area contributed by atoms with Crippen LogP contribution in [0.2, 0.25) is 0 Å². The summed E-state index contributed by atoms with van der Waals surface area (Å²) in [6.45, 7) is 0.589. The number of rotatable bonds is 9. The lowest BCUT2D eigenvalue weighted by Crippen LogP contribution is -2.05. The highest BCUT2D eigenvalue weighted by molar-refractivity contribution is 14.1. The van der Waals surface area contributed by atoms with Gasteiger partial charge in [0.05, 0.1) is 18.0 Å². The van der Waals surface area contributed by atoms with Gasteiger partial charge in [0.25, 0.3) is 0 Å². The van der Waals surface area contributed by atoms with Gasteiger partial charge >= 0.3 is 0 Å². The van der Waals surface area contributed by atoms with Crippen LogP contribution in [0.25, 0.3) is 0 Å². The largest absolute Gasteiger partial charge is 0.506 e. The van der Waals surface area contributed by atoms with Crippen LogP contribution >= 0.6 is 90.4 Å². The summed E-state index contributed by atoms with van der Waals surface area (Å²) in [4.78, 5) is 3.55. The van der Waals surface area contributed by atoms with Crippen molar-refractivity contribution >= 4 is 101 Å². The summed E-state index contributed by atoms with van der Waals surface area (Å²) in [6, 6.07) is 34.6. The van der Waals surface area contributed by atoms with E-state index >= 15 is 0 Å². The van der Waals surface area contributed by atoms with E-state index in [-0.39, 0.29) is 22.4 Å². The van der Waals surface area contributed by atoms with E-state index in [9.17, 15) is 10.2 Å². The number of hydrogen-bond acceptors (Lipinski definition) is 4. The normalized spacial score (nSPS) is 11.0. The summed E-state index contributed by atoms with van der Waals surface area (Å²) >= 11 is 8.77. The Morgan fingerprint density at radius 1 is 0.512 bits per heavy atom. The minimum Gasteiger partial charge on any atom is -0.506 e. The minimum absolute atomic E-state index is 0.269. The summed E-state index contributed by atoms with van der Waals surface area (Å²) < 4.78 is 15.8. The maximum Gasteiger partial charge on any atom is 0.166 e. The molecule has 5 aromatic carbocycles. The molecular weight excluding hydrogens is 988 g/mol. The molecule has 0 bridgehead atoms. The second kappa shape index (κ2) is 14.4. The monoisotopic (exact) mass is 1010 g/mol. The molecular formula is C32H23I4O4S+. The average Bonchev–Trinajstić information content (AvgIpc) is 2.97. The molecule has 4 nitrogen and oxygen atoms in total. The van der Waals surface area contributed by atoms with Crippen LogP contribution < -0.4 is 9.47 Å². The first kappa shape index (κ1) is 31.0. The van der Waals surface area contributed by atoms with Crippen molar-refractivity contribution < 1.29 is 19.7 Å². The van der Waals surface area contributed by atoms with Crippen molar-refractivity contribution in [3.63, 3.8) is 0 Å². The number of ether oxygens (including phenoxy) is 2. The number of hydrogen-bond donors (Lipinski definition) is 2. The SMILES string of the molecule is Oc1c(I)cc(I)cc1COc1ccc([S+](c2ccccc2)c2ccc(OCc3cc(I)cc(I)c3O)cc2)cc1. The first-order valence-electron chi connectivity index (χ1n) is 12.4. The molecule has 0 amide bonds. The van der Waals surface area contributed by atoms with Crippen LogP contribution in [-0.2, 0) is 24.1 Å². The minimum atomic E-state index is -0.326. The third-order valence-corrected chi connectivity index (χ3v) is 11.2. The lowest BCUT2D eigenvalue weighted by atomic mass is 10.2. The molecule has 9 heteroatoms. The van der Waals surface area contributed by atoms with Crippen molar-refractivity contribution in [1.82, 2.24) is 0 Å².